The molecule has 6 rings (SSSR count). The number of fused-ring (bicyclic) bond motifs is 2. The van der Waals surface area contributed by atoms with Crippen LogP contribution in [0.4, 0.5) is 11.6 Å². The lowest BCUT2D eigenvalue weighted by molar-refractivity contribution is -0.132. The predicted molar refractivity (Wildman–Crippen MR) is 153 cm³/mol. The second kappa shape index (κ2) is 9.75. The molecule has 2 aliphatic heterocycles. The maximum atomic E-state index is 13.6. The van der Waals surface area contributed by atoms with Crippen LogP contribution in [0.3, 0.4) is 0 Å². The zero-order valence-electron chi connectivity index (χ0n) is 22.8. The fourth-order valence-electron chi connectivity index (χ4n) is 5.24. The number of H-pyrrole nitrogens is 1. The fraction of sp³-hybridized carbons (Fsp3) is 0.258. The molecule has 0 aliphatic carbocycles. The highest BCUT2D eigenvalue weighted by Crippen LogP contribution is 2.43. The minimum absolute atomic E-state index is 0.0124. The molecule has 0 saturated carbocycles. The molecule has 1 unspecified atom stereocenters. The van der Waals surface area contributed by atoms with Crippen LogP contribution in [0.1, 0.15) is 36.6 Å². The molecule has 40 heavy (non-hydrogen) atoms. The first-order valence-electron chi connectivity index (χ1n) is 13.2. The van der Waals surface area contributed by atoms with Gasteiger partial charge in [0.25, 0.3) is 5.78 Å². The highest BCUT2D eigenvalue weighted by molar-refractivity contribution is 6.51. The molecule has 3 heterocycles. The average molecular weight is 539 g/mol. The lowest BCUT2D eigenvalue weighted by Gasteiger charge is -2.28. The van der Waals surface area contributed by atoms with E-state index in [4.69, 9.17) is 9.47 Å². The van der Waals surface area contributed by atoms with E-state index in [0.29, 0.717) is 41.3 Å². The van der Waals surface area contributed by atoms with E-state index in [0.717, 1.165) is 16.8 Å². The number of imidazole rings is 1. The van der Waals surface area contributed by atoms with Crippen molar-refractivity contribution < 1.29 is 24.2 Å². The van der Waals surface area contributed by atoms with Gasteiger partial charge < -0.3 is 24.5 Å². The zero-order chi connectivity index (χ0) is 28.1. The summed E-state index contributed by atoms with van der Waals surface area (Å²) < 4.78 is 11.5. The molecule has 1 atom stereocenters. The molecular formula is C31H30N4O5. The summed E-state index contributed by atoms with van der Waals surface area (Å²) >= 11 is 0. The van der Waals surface area contributed by atoms with Gasteiger partial charge in [-0.2, -0.15) is 0 Å². The van der Waals surface area contributed by atoms with E-state index < -0.39 is 17.7 Å². The van der Waals surface area contributed by atoms with Crippen molar-refractivity contribution in [1.29, 1.82) is 0 Å². The second-order valence-corrected chi connectivity index (χ2v) is 10.4. The first-order chi connectivity index (χ1) is 19.2. The average Bonchev–Trinajstić information content (AvgIpc) is 3.46. The molecule has 1 amide bonds. The minimum Gasteiger partial charge on any atom is -0.507 e. The summed E-state index contributed by atoms with van der Waals surface area (Å²) in [6.45, 7) is 7.10. The van der Waals surface area contributed by atoms with Gasteiger partial charge in [0.2, 0.25) is 5.95 Å². The summed E-state index contributed by atoms with van der Waals surface area (Å²) in [7, 11) is 1.94. The highest BCUT2D eigenvalue weighted by Gasteiger charge is 2.48. The molecule has 2 aliphatic rings. The Morgan fingerprint density at radius 3 is 2.62 bits per heavy atom. The largest absolute Gasteiger partial charge is 0.507 e. The molecule has 4 aromatic rings. The Kier molecular flexibility index (Phi) is 6.21. The molecule has 1 aromatic heterocycles. The Morgan fingerprint density at radius 2 is 1.88 bits per heavy atom. The topological polar surface area (TPSA) is 108 Å². The number of aliphatic hydroxyl groups is 1. The van der Waals surface area contributed by atoms with Gasteiger partial charge in [-0.05, 0) is 74.4 Å². The number of Topliss-reactive ketones (excluding diaryl/α,β-unsaturated/α-hetero) is 1. The molecule has 2 N–H and O–H groups in total. The first kappa shape index (κ1) is 25.5. The number of hydrogen-bond donors (Lipinski definition) is 2. The number of benzene rings is 3. The lowest BCUT2D eigenvalue weighted by Crippen LogP contribution is -2.30. The third kappa shape index (κ3) is 4.33. The number of aliphatic hydroxyl groups excluding tert-OH is 1. The number of carbonyl (C=O) groups is 2. The van der Waals surface area contributed by atoms with Crippen molar-refractivity contribution in [3.63, 3.8) is 0 Å². The highest BCUT2D eigenvalue weighted by atomic mass is 16.5. The summed E-state index contributed by atoms with van der Waals surface area (Å²) in [6, 6.07) is 17.2. The van der Waals surface area contributed by atoms with E-state index >= 15 is 0 Å². The quantitative estimate of drug-likeness (QED) is 0.206. The summed E-state index contributed by atoms with van der Waals surface area (Å²) in [6.07, 6.45) is -0.0124. The van der Waals surface area contributed by atoms with Crippen LogP contribution in [0.5, 0.6) is 11.5 Å². The number of amides is 1. The maximum absolute atomic E-state index is 13.6. The van der Waals surface area contributed by atoms with Crippen molar-refractivity contribution in [2.45, 2.75) is 32.9 Å². The van der Waals surface area contributed by atoms with E-state index in [2.05, 4.69) is 9.97 Å². The number of aromatic amines is 1. The standard InChI is InChI=1S/C31H30N4O5/c1-17(2)40-21-9-6-19(7-10-21)27-26(28(36)20-8-12-25-24(16-20)34(4)13-14-39-25)29(37)30(38)35(27)31-32-22-11-5-18(3)15-23(22)33-31/h5-12,15-17,27,36H,13-14H2,1-4H3,(H,32,33)/b28-26+. The molecule has 1 saturated heterocycles. The van der Waals surface area contributed by atoms with Crippen molar-refractivity contribution in [2.75, 3.05) is 30.0 Å². The number of hydrogen-bond acceptors (Lipinski definition) is 7. The number of anilines is 2. The van der Waals surface area contributed by atoms with Crippen molar-refractivity contribution in [2.24, 2.45) is 0 Å². The van der Waals surface area contributed by atoms with Crippen LogP contribution in [-0.2, 0) is 9.59 Å². The number of aryl methyl sites for hydroxylation is 1. The number of nitrogens with one attached hydrogen (secondary N) is 1. The number of ketones is 1. The van der Waals surface area contributed by atoms with Gasteiger partial charge in [-0.15, -0.1) is 0 Å². The van der Waals surface area contributed by atoms with Crippen molar-refractivity contribution in [1.82, 2.24) is 9.97 Å². The van der Waals surface area contributed by atoms with Crippen LogP contribution in [-0.4, -0.2) is 53.1 Å². The zero-order valence-corrected chi connectivity index (χ0v) is 22.8. The molecule has 3 aromatic carbocycles. The van der Waals surface area contributed by atoms with Gasteiger partial charge in [0, 0.05) is 12.6 Å². The Morgan fingerprint density at radius 1 is 1.10 bits per heavy atom. The number of likely N-dealkylation sites (N-methyl/N-ethyl adjacent to an activating group) is 1. The minimum atomic E-state index is -0.917. The van der Waals surface area contributed by atoms with Gasteiger partial charge in [-0.1, -0.05) is 18.2 Å². The van der Waals surface area contributed by atoms with E-state index in [1.807, 2.05) is 50.9 Å². The molecular weight excluding hydrogens is 508 g/mol. The number of ether oxygens (including phenoxy) is 2. The van der Waals surface area contributed by atoms with E-state index in [1.165, 1.54) is 4.90 Å². The normalized spacial score (nSPS) is 18.4. The molecule has 1 fully saturated rings. The van der Waals surface area contributed by atoms with E-state index in [9.17, 15) is 14.7 Å². The summed E-state index contributed by atoms with van der Waals surface area (Å²) in [5.41, 5.74) is 4.27. The third-order valence-electron chi connectivity index (χ3n) is 7.19. The molecule has 9 heteroatoms. The third-order valence-corrected chi connectivity index (χ3v) is 7.19. The Labute approximate surface area is 231 Å². The number of carbonyl (C=O) groups excluding carboxylic acids is 2. The van der Waals surface area contributed by atoms with Crippen LogP contribution in [0.25, 0.3) is 16.8 Å². The molecule has 0 bridgehead atoms. The summed E-state index contributed by atoms with van der Waals surface area (Å²) in [4.78, 5) is 38.4. The van der Waals surface area contributed by atoms with Crippen LogP contribution < -0.4 is 19.3 Å². The smallest absolute Gasteiger partial charge is 0.302 e. The Hall–Kier alpha value is -4.79. The predicted octanol–water partition coefficient (Wildman–Crippen LogP) is 5.11. The van der Waals surface area contributed by atoms with Crippen LogP contribution in [0.2, 0.25) is 0 Å². The fourth-order valence-corrected chi connectivity index (χ4v) is 5.24. The summed E-state index contributed by atoms with van der Waals surface area (Å²) in [5, 5.41) is 11.6. The first-order valence-corrected chi connectivity index (χ1v) is 13.2. The monoisotopic (exact) mass is 538 g/mol. The number of rotatable bonds is 5. The molecule has 0 spiro atoms. The van der Waals surface area contributed by atoms with E-state index in [-0.39, 0.29) is 23.4 Å². The Bertz CT molecular complexity index is 1670. The van der Waals surface area contributed by atoms with Gasteiger partial charge in [0.15, 0.2) is 0 Å². The van der Waals surface area contributed by atoms with Crippen LogP contribution in [0.15, 0.2) is 66.2 Å². The number of aromatic nitrogens is 2. The second-order valence-electron chi connectivity index (χ2n) is 10.4. The van der Waals surface area contributed by atoms with Crippen molar-refractivity contribution in [3.8, 4) is 11.5 Å². The van der Waals surface area contributed by atoms with Gasteiger partial charge in [0.1, 0.15) is 23.9 Å². The van der Waals surface area contributed by atoms with Crippen LogP contribution in [0, 0.1) is 6.92 Å². The van der Waals surface area contributed by atoms with E-state index in [1.54, 1.807) is 42.5 Å². The molecule has 0 radical (unpaired) electrons. The SMILES string of the molecule is Cc1ccc2nc(N3C(=O)C(=O)/C(=C(/O)c4ccc5c(c4)N(C)CCO5)C3c3ccc(OC(C)C)cc3)[nH]c2c1. The van der Waals surface area contributed by atoms with Crippen molar-refractivity contribution >= 4 is 40.1 Å². The Balaban J connectivity index is 1.51. The summed E-state index contributed by atoms with van der Waals surface area (Å²) in [5.74, 6) is -0.240. The molecule has 9 nitrogen and oxygen atoms in total. The van der Waals surface area contributed by atoms with Crippen LogP contribution >= 0.6 is 0 Å². The lowest BCUT2D eigenvalue weighted by atomic mass is 9.95. The van der Waals surface area contributed by atoms with Gasteiger partial charge in [-0.3, -0.25) is 14.5 Å². The maximum Gasteiger partial charge on any atom is 0.302 e. The van der Waals surface area contributed by atoms with Gasteiger partial charge in [0.05, 0.1) is 41.0 Å². The van der Waals surface area contributed by atoms with Crippen molar-refractivity contribution in [3.05, 3.63) is 82.9 Å². The van der Waals surface area contributed by atoms with Gasteiger partial charge in [-0.25, -0.2) is 4.98 Å². The van der Waals surface area contributed by atoms with Gasteiger partial charge >= 0.3 is 5.91 Å². The number of nitrogens with zero attached hydrogens (tertiary/aromatic N) is 3. The molecule has 204 valence electrons.